The van der Waals surface area contributed by atoms with Crippen molar-refractivity contribution in [2.75, 3.05) is 109 Å². The van der Waals surface area contributed by atoms with Gasteiger partial charge in [0, 0.05) is 48.3 Å². The number of hydrogen-bond acceptors (Lipinski definition) is 10. The van der Waals surface area contributed by atoms with Crippen molar-refractivity contribution >= 4 is 45.8 Å². The lowest BCUT2D eigenvalue weighted by Crippen LogP contribution is -2.45. The fourth-order valence-corrected chi connectivity index (χ4v) is 7.51. The molecule has 2 aromatic carbocycles. The van der Waals surface area contributed by atoms with Crippen LogP contribution in [0.4, 0.5) is 11.4 Å². The smallest absolute Gasteiger partial charge is 0.263 e. The highest BCUT2D eigenvalue weighted by Crippen LogP contribution is 2.44. The maximum absolute atomic E-state index is 14.5. The summed E-state index contributed by atoms with van der Waals surface area (Å²) in [5.41, 5.74) is 2.52. The van der Waals surface area contributed by atoms with Crippen LogP contribution in [0, 0.1) is 0 Å². The highest BCUT2D eigenvalue weighted by Gasteiger charge is 2.42. The number of nitrogens with one attached hydrogen (secondary N) is 3. The average Bonchev–Trinajstić information content (AvgIpc) is 3.15. The first-order valence-corrected chi connectivity index (χ1v) is 20.0. The molecule has 12 nitrogen and oxygen atoms in total. The van der Waals surface area contributed by atoms with Crippen molar-refractivity contribution in [3.8, 4) is 0 Å². The van der Waals surface area contributed by atoms with Gasteiger partial charge in [0.15, 0.2) is 0 Å². The Morgan fingerprint density at radius 3 is 1.27 bits per heavy atom. The Labute approximate surface area is 311 Å². The lowest BCUT2D eigenvalue weighted by atomic mass is 9.83. The molecule has 288 valence electrons. The van der Waals surface area contributed by atoms with Crippen molar-refractivity contribution in [2.24, 2.45) is 0 Å². The summed E-state index contributed by atoms with van der Waals surface area (Å²) in [6.07, 6.45) is 2.94. The number of hydrogen-bond donors (Lipinski definition) is 3. The second-order valence-corrected chi connectivity index (χ2v) is 13.7. The first-order valence-electron chi connectivity index (χ1n) is 20.0. The van der Waals surface area contributed by atoms with E-state index in [0.717, 1.165) is 84.8 Å². The summed E-state index contributed by atoms with van der Waals surface area (Å²) in [7, 11) is 0. The van der Waals surface area contributed by atoms with Crippen LogP contribution in [0.1, 0.15) is 116 Å². The lowest BCUT2D eigenvalue weighted by molar-refractivity contribution is 0.0583. The van der Waals surface area contributed by atoms with Gasteiger partial charge in [0.1, 0.15) is 0 Å². The summed E-state index contributed by atoms with van der Waals surface area (Å²) in [5.74, 6) is -1.53. The molecule has 0 unspecified atom stereocenters. The largest absolute Gasteiger partial charge is 0.384 e. The van der Waals surface area contributed by atoms with Gasteiger partial charge in [-0.1, -0.05) is 48.5 Å². The number of carbonyl (C=O) groups is 4. The number of benzene rings is 2. The van der Waals surface area contributed by atoms with E-state index in [-0.39, 0.29) is 36.7 Å². The number of amides is 4. The first kappa shape index (κ1) is 41.2. The highest BCUT2D eigenvalue weighted by atomic mass is 16.2. The van der Waals surface area contributed by atoms with E-state index in [1.165, 1.54) is 9.80 Å². The van der Waals surface area contributed by atoms with Crippen molar-refractivity contribution in [2.45, 2.75) is 74.1 Å². The van der Waals surface area contributed by atoms with Crippen LogP contribution in [0.3, 0.4) is 0 Å². The molecular formula is C40H64N8O4. The molecule has 0 atom stereocenters. The fourth-order valence-electron chi connectivity index (χ4n) is 7.51. The van der Waals surface area contributed by atoms with Gasteiger partial charge in [-0.2, -0.15) is 0 Å². The lowest BCUT2D eigenvalue weighted by Gasteiger charge is -2.35. The summed E-state index contributed by atoms with van der Waals surface area (Å²) in [6.45, 7) is 26.1. The third-order valence-corrected chi connectivity index (χ3v) is 10.7. The maximum Gasteiger partial charge on any atom is 0.263 e. The van der Waals surface area contributed by atoms with E-state index in [0.29, 0.717) is 70.3 Å². The predicted octanol–water partition coefficient (Wildman–Crippen LogP) is 5.05. The minimum absolute atomic E-state index is 0.281. The molecule has 3 N–H and O–H groups in total. The van der Waals surface area contributed by atoms with E-state index in [9.17, 15) is 19.2 Å². The van der Waals surface area contributed by atoms with Crippen LogP contribution in [-0.4, -0.2) is 146 Å². The monoisotopic (exact) mass is 721 g/mol. The van der Waals surface area contributed by atoms with Gasteiger partial charge in [-0.3, -0.25) is 29.0 Å². The molecule has 0 bridgehead atoms. The van der Waals surface area contributed by atoms with Crippen LogP contribution in [0.5, 0.6) is 0 Å². The second kappa shape index (κ2) is 20.0. The van der Waals surface area contributed by atoms with Gasteiger partial charge in [-0.15, -0.1) is 0 Å². The topological polar surface area (TPSA) is 121 Å². The van der Waals surface area contributed by atoms with Gasteiger partial charge in [-0.25, -0.2) is 0 Å². The molecular weight excluding hydrogens is 656 g/mol. The summed E-state index contributed by atoms with van der Waals surface area (Å²) in [5, 5.41) is 11.1. The van der Waals surface area contributed by atoms with E-state index in [1.54, 1.807) is 12.1 Å². The maximum atomic E-state index is 14.5. The molecule has 4 rings (SSSR count). The molecule has 2 heterocycles. The molecule has 0 radical (unpaired) electrons. The van der Waals surface area contributed by atoms with Crippen LogP contribution >= 0.6 is 0 Å². The second-order valence-electron chi connectivity index (χ2n) is 13.7. The normalized spacial score (nSPS) is 14.3. The van der Waals surface area contributed by atoms with Crippen LogP contribution in [0.15, 0.2) is 12.1 Å². The minimum atomic E-state index is -0.384. The standard InChI is InChI=1S/C40H64N8O4/c1-8-41-19-15-20-42-31-27-29-34-33-30(38(50)47(39(51)35(31)33)25-17-23-45(11-4)12-5)28-32(43-21-16-22-44(9-2)10-3)36(34)40(52)48(37(29)49)26-18-24-46(13-6)14-7/h27-28,41-43H,8-26H2,1-7H3. The quantitative estimate of drug-likeness (QED) is 0.0950. The van der Waals surface area contributed by atoms with Gasteiger partial charge in [0.25, 0.3) is 23.6 Å². The van der Waals surface area contributed by atoms with Crippen LogP contribution < -0.4 is 16.0 Å². The van der Waals surface area contributed by atoms with Crippen LogP contribution in [0.25, 0.3) is 10.8 Å². The van der Waals surface area contributed by atoms with Gasteiger partial charge in [0.2, 0.25) is 0 Å². The number of nitrogens with zero attached hydrogens (tertiary/aromatic N) is 5. The number of anilines is 2. The molecule has 2 aliphatic heterocycles. The fraction of sp³-hybridized carbons (Fsp3) is 0.650. The Bertz CT molecular complexity index is 1550. The summed E-state index contributed by atoms with van der Waals surface area (Å²) in [6, 6.07) is 3.53. The zero-order valence-corrected chi connectivity index (χ0v) is 33.0. The van der Waals surface area contributed by atoms with Crippen molar-refractivity contribution in [1.29, 1.82) is 0 Å². The van der Waals surface area contributed by atoms with Gasteiger partial charge in [0.05, 0.1) is 22.3 Å². The Morgan fingerprint density at radius 1 is 0.500 bits per heavy atom. The van der Waals surface area contributed by atoms with E-state index in [1.807, 2.05) is 0 Å². The molecule has 2 aromatic rings. The summed E-state index contributed by atoms with van der Waals surface area (Å²) >= 11 is 0. The van der Waals surface area contributed by atoms with E-state index in [2.05, 4.69) is 79.1 Å². The van der Waals surface area contributed by atoms with Crippen molar-refractivity contribution in [3.63, 3.8) is 0 Å². The zero-order chi connectivity index (χ0) is 37.8. The molecule has 12 heteroatoms. The van der Waals surface area contributed by atoms with Gasteiger partial charge >= 0.3 is 0 Å². The molecule has 2 aliphatic rings. The van der Waals surface area contributed by atoms with Crippen molar-refractivity contribution < 1.29 is 19.2 Å². The van der Waals surface area contributed by atoms with Crippen LogP contribution in [0.2, 0.25) is 0 Å². The minimum Gasteiger partial charge on any atom is -0.384 e. The van der Waals surface area contributed by atoms with E-state index >= 15 is 0 Å². The third kappa shape index (κ3) is 9.13. The average molecular weight is 721 g/mol. The van der Waals surface area contributed by atoms with E-state index in [4.69, 9.17) is 0 Å². The Kier molecular flexibility index (Phi) is 15.9. The first-order chi connectivity index (χ1) is 25.2. The molecule has 4 amide bonds. The zero-order valence-electron chi connectivity index (χ0n) is 33.0. The number of imide groups is 2. The molecule has 0 spiro atoms. The molecule has 0 saturated carbocycles. The van der Waals surface area contributed by atoms with Crippen molar-refractivity contribution in [3.05, 3.63) is 34.4 Å². The van der Waals surface area contributed by atoms with Crippen LogP contribution in [-0.2, 0) is 0 Å². The Hall–Kier alpha value is -3.58. The Morgan fingerprint density at radius 2 is 0.885 bits per heavy atom. The van der Waals surface area contributed by atoms with E-state index < -0.39 is 0 Å². The van der Waals surface area contributed by atoms with Gasteiger partial charge in [-0.05, 0) is 110 Å². The highest BCUT2D eigenvalue weighted by molar-refractivity contribution is 6.36. The predicted molar refractivity (Wildman–Crippen MR) is 212 cm³/mol. The molecule has 0 aliphatic carbocycles. The third-order valence-electron chi connectivity index (χ3n) is 10.7. The molecule has 52 heavy (non-hydrogen) atoms. The summed E-state index contributed by atoms with van der Waals surface area (Å²) in [4.78, 5) is 67.3. The Balaban J connectivity index is 1.84. The summed E-state index contributed by atoms with van der Waals surface area (Å²) < 4.78 is 0. The molecule has 0 fully saturated rings. The number of rotatable bonds is 25. The van der Waals surface area contributed by atoms with Crippen molar-refractivity contribution in [1.82, 2.24) is 29.8 Å². The van der Waals surface area contributed by atoms with Gasteiger partial charge < -0.3 is 30.7 Å². The number of carbonyl (C=O) groups excluding carboxylic acids is 4. The molecule has 0 aromatic heterocycles. The molecule has 0 saturated heterocycles. The SMILES string of the molecule is CCNCCCNc1cc2c3c(c(NCCCN(CC)CC)cc4c3c1C(=O)N(CCCN(CC)CC)C4=O)C(=O)N(CCCN(CC)CC)C2=O.